The number of hydrogen-bond donors (Lipinski definition) is 1. The SMILES string of the molecule is CCC(CC)C(=O)/C=C(\O)C(CC)CC.Cc1cc(C)c2n[c-]c3c(c2c1)C(C)(C)c1cc(CC(C)(C)C)cc2ncnc-3c12.[Ir]. The zero-order valence-electron chi connectivity index (χ0n) is 29.7. The number of aliphatic hydroxyl groups excluding tert-OH is 1. The first kappa shape index (κ1) is 37.5. The predicted octanol–water partition coefficient (Wildman–Crippen LogP) is 10.4. The van der Waals surface area contributed by atoms with E-state index in [1.165, 1.54) is 39.3 Å². The summed E-state index contributed by atoms with van der Waals surface area (Å²) in [5.41, 5.74) is 10.4. The average Bonchev–Trinajstić information content (AvgIpc) is 2.96. The molecule has 6 heteroatoms. The third kappa shape index (κ3) is 7.60. The standard InChI is InChI=1S/C27H28N3.C13H24O2.Ir/c1-15-8-16(2)24-18(9-15)23-19(13-28-24)25-22-20(27(23,6)7)10-17(12-26(3,4)5)11-21(22)29-14-30-25;1-5-10(6-2)12(14)9-13(15)11(7-3)8-4;/h8-11,14H,12H2,1-7H3;9-11,14H,5-8H2,1-4H3;/q-1;;/b;12-9-;. The maximum absolute atomic E-state index is 11.7. The van der Waals surface area contributed by atoms with Crippen molar-refractivity contribution >= 4 is 27.6 Å². The Morgan fingerprint density at radius 2 is 1.59 bits per heavy atom. The van der Waals surface area contributed by atoms with Crippen LogP contribution in [0.1, 0.15) is 116 Å². The number of nitrogens with zero attached hydrogens (tertiary/aromatic N) is 3. The molecule has 0 bridgehead atoms. The van der Waals surface area contributed by atoms with Crippen LogP contribution in [-0.4, -0.2) is 25.8 Å². The van der Waals surface area contributed by atoms with Crippen LogP contribution in [0.5, 0.6) is 0 Å². The van der Waals surface area contributed by atoms with Gasteiger partial charge in [-0.05, 0) is 91.1 Å². The summed E-state index contributed by atoms with van der Waals surface area (Å²) in [5, 5.41) is 12.1. The van der Waals surface area contributed by atoms with Gasteiger partial charge in [-0.25, -0.2) is 4.98 Å². The number of fused-ring (bicyclic) bond motifs is 4. The summed E-state index contributed by atoms with van der Waals surface area (Å²) >= 11 is 0. The second-order valence-corrected chi connectivity index (χ2v) is 14.6. The maximum atomic E-state index is 11.7. The van der Waals surface area contributed by atoms with Crippen LogP contribution in [0.25, 0.3) is 33.1 Å². The van der Waals surface area contributed by atoms with Gasteiger partial charge in [0.15, 0.2) is 5.78 Å². The zero-order valence-corrected chi connectivity index (χ0v) is 32.1. The molecule has 1 aliphatic rings. The van der Waals surface area contributed by atoms with E-state index in [4.69, 9.17) is 9.97 Å². The number of rotatable bonds is 8. The second-order valence-electron chi connectivity index (χ2n) is 14.6. The van der Waals surface area contributed by atoms with E-state index in [2.05, 4.69) is 83.9 Å². The van der Waals surface area contributed by atoms with Gasteiger partial charge in [-0.15, -0.1) is 11.1 Å². The number of aryl methyl sites for hydroxylation is 2. The number of pyridine rings is 1. The molecule has 0 saturated heterocycles. The summed E-state index contributed by atoms with van der Waals surface area (Å²) < 4.78 is 0. The van der Waals surface area contributed by atoms with Gasteiger partial charge in [-0.1, -0.05) is 97.0 Å². The van der Waals surface area contributed by atoms with E-state index >= 15 is 0 Å². The van der Waals surface area contributed by atoms with Crippen molar-refractivity contribution < 1.29 is 30.0 Å². The molecule has 0 unspecified atom stereocenters. The van der Waals surface area contributed by atoms with Crippen LogP contribution < -0.4 is 0 Å². The summed E-state index contributed by atoms with van der Waals surface area (Å²) in [5.74, 6) is 0.547. The van der Waals surface area contributed by atoms with E-state index < -0.39 is 0 Å². The van der Waals surface area contributed by atoms with E-state index in [0.717, 1.165) is 59.8 Å². The van der Waals surface area contributed by atoms with Gasteiger partial charge in [0, 0.05) is 43.7 Å². The van der Waals surface area contributed by atoms with Gasteiger partial charge < -0.3 is 10.1 Å². The molecule has 2 aromatic carbocycles. The summed E-state index contributed by atoms with van der Waals surface area (Å²) in [6.45, 7) is 23.9. The van der Waals surface area contributed by atoms with Crippen molar-refractivity contribution in [3.63, 3.8) is 0 Å². The molecular weight excluding hydrogens is 747 g/mol. The number of hydrogen-bond acceptors (Lipinski definition) is 5. The maximum Gasteiger partial charge on any atom is 0.162 e. The fourth-order valence-corrected chi connectivity index (χ4v) is 6.98. The van der Waals surface area contributed by atoms with E-state index in [1.807, 2.05) is 27.7 Å². The Labute approximate surface area is 290 Å². The van der Waals surface area contributed by atoms with E-state index in [9.17, 15) is 9.90 Å². The van der Waals surface area contributed by atoms with Gasteiger partial charge in [-0.3, -0.25) is 9.78 Å². The van der Waals surface area contributed by atoms with Gasteiger partial charge in [-0.2, -0.15) is 0 Å². The van der Waals surface area contributed by atoms with Crippen molar-refractivity contribution in [3.05, 3.63) is 76.4 Å². The molecule has 46 heavy (non-hydrogen) atoms. The van der Waals surface area contributed by atoms with Crippen molar-refractivity contribution in [2.45, 2.75) is 114 Å². The van der Waals surface area contributed by atoms with Gasteiger partial charge in [0.05, 0.1) is 11.3 Å². The summed E-state index contributed by atoms with van der Waals surface area (Å²) in [6.07, 6.45) is 11.0. The van der Waals surface area contributed by atoms with Gasteiger partial charge in [0.25, 0.3) is 0 Å². The third-order valence-corrected chi connectivity index (χ3v) is 9.39. The number of aromatic nitrogens is 3. The molecule has 4 aromatic rings. The van der Waals surface area contributed by atoms with Crippen molar-refractivity contribution in [2.75, 3.05) is 0 Å². The molecule has 0 aliphatic heterocycles. The van der Waals surface area contributed by atoms with Gasteiger partial charge in [0.1, 0.15) is 6.33 Å². The minimum atomic E-state index is -0.197. The zero-order chi connectivity index (χ0) is 33.3. The fourth-order valence-electron chi connectivity index (χ4n) is 6.98. The summed E-state index contributed by atoms with van der Waals surface area (Å²) in [6, 6.07) is 9.09. The van der Waals surface area contributed by atoms with Crippen molar-refractivity contribution in [3.8, 4) is 11.3 Å². The first-order valence-corrected chi connectivity index (χ1v) is 16.7. The molecule has 0 amide bonds. The van der Waals surface area contributed by atoms with Gasteiger partial charge in [0.2, 0.25) is 0 Å². The van der Waals surface area contributed by atoms with Crippen LogP contribution in [0, 0.1) is 37.3 Å². The van der Waals surface area contributed by atoms with Crippen molar-refractivity contribution in [1.29, 1.82) is 0 Å². The molecule has 5 nitrogen and oxygen atoms in total. The molecule has 1 N–H and O–H groups in total. The summed E-state index contributed by atoms with van der Waals surface area (Å²) in [7, 11) is 0. The number of ketones is 1. The fraction of sp³-hybridized carbons (Fsp3) is 0.500. The molecule has 2 aromatic heterocycles. The first-order valence-electron chi connectivity index (χ1n) is 16.7. The third-order valence-electron chi connectivity index (χ3n) is 9.39. The molecule has 0 spiro atoms. The molecule has 2 heterocycles. The Balaban J connectivity index is 0.000000309. The number of allylic oxidation sites excluding steroid dienone is 2. The Bertz CT molecular complexity index is 1740. The molecular formula is C40H52IrN3O2-. The smallest absolute Gasteiger partial charge is 0.162 e. The topological polar surface area (TPSA) is 76.0 Å². The normalized spacial score (nSPS) is 13.8. The average molecular weight is 799 g/mol. The number of carbonyl (C=O) groups is 1. The predicted molar refractivity (Wildman–Crippen MR) is 188 cm³/mol. The Kier molecular flexibility index (Phi) is 12.1. The van der Waals surface area contributed by atoms with Crippen LogP contribution in [0.4, 0.5) is 0 Å². The molecule has 0 saturated carbocycles. The molecule has 1 aliphatic carbocycles. The molecule has 5 rings (SSSR count). The van der Waals surface area contributed by atoms with E-state index in [0.29, 0.717) is 0 Å². The Morgan fingerprint density at radius 3 is 2.17 bits per heavy atom. The van der Waals surface area contributed by atoms with Crippen molar-refractivity contribution in [1.82, 2.24) is 15.0 Å². The monoisotopic (exact) mass is 799 g/mol. The first-order chi connectivity index (χ1) is 21.2. The van der Waals surface area contributed by atoms with Crippen LogP contribution in [0.3, 0.4) is 0 Å². The minimum absolute atomic E-state index is 0. The Hall–Kier alpha value is -2.95. The number of carbonyl (C=O) groups excluding carboxylic acids is 1. The van der Waals surface area contributed by atoms with Crippen LogP contribution >= 0.6 is 0 Å². The van der Waals surface area contributed by atoms with Crippen LogP contribution in [0.15, 0.2) is 42.4 Å². The van der Waals surface area contributed by atoms with Crippen molar-refractivity contribution in [2.24, 2.45) is 17.3 Å². The summed E-state index contributed by atoms with van der Waals surface area (Å²) in [4.78, 5) is 25.8. The minimum Gasteiger partial charge on any atom is -0.512 e. The van der Waals surface area contributed by atoms with Gasteiger partial charge >= 0.3 is 0 Å². The van der Waals surface area contributed by atoms with E-state index in [-0.39, 0.29) is 54.3 Å². The van der Waals surface area contributed by atoms with Crippen LogP contribution in [0.2, 0.25) is 0 Å². The molecule has 249 valence electrons. The molecule has 0 atom stereocenters. The number of aliphatic hydroxyl groups is 1. The largest absolute Gasteiger partial charge is 0.512 e. The van der Waals surface area contributed by atoms with Crippen LogP contribution in [-0.2, 0) is 36.7 Å². The van der Waals surface area contributed by atoms with E-state index in [1.54, 1.807) is 6.33 Å². The second kappa shape index (κ2) is 14.9. The Morgan fingerprint density at radius 1 is 0.957 bits per heavy atom. The number of benzene rings is 2. The molecule has 0 fully saturated rings. The quantitative estimate of drug-likeness (QED) is 0.109. The molecule has 1 radical (unpaired) electrons.